The van der Waals surface area contributed by atoms with E-state index in [-0.39, 0.29) is 18.1 Å². The molecule has 1 aromatic rings. The minimum absolute atomic E-state index is 0.0547. The van der Waals surface area contributed by atoms with Gasteiger partial charge in [0.05, 0.1) is 11.5 Å². The second kappa shape index (κ2) is 5.92. The Balaban J connectivity index is 2.22. The molecule has 1 aromatic carbocycles. The van der Waals surface area contributed by atoms with Gasteiger partial charge >= 0.3 is 5.97 Å². The topological polar surface area (TPSA) is 61.5 Å². The Labute approximate surface area is 133 Å². The van der Waals surface area contributed by atoms with Crippen molar-refractivity contribution >= 4 is 5.97 Å². The van der Waals surface area contributed by atoms with Crippen LogP contribution in [0.15, 0.2) is 24.3 Å². The molecule has 0 unspecified atom stereocenters. The van der Waals surface area contributed by atoms with Gasteiger partial charge in [0, 0.05) is 6.04 Å². The summed E-state index contributed by atoms with van der Waals surface area (Å²) in [5.74, 6) is 0.626. The highest BCUT2D eigenvalue weighted by molar-refractivity contribution is 5.85. The summed E-state index contributed by atoms with van der Waals surface area (Å²) in [4.78, 5) is 12.7. The van der Waals surface area contributed by atoms with Gasteiger partial charge in [0.25, 0.3) is 0 Å². The van der Waals surface area contributed by atoms with E-state index in [4.69, 9.17) is 15.2 Å². The average molecular weight is 305 g/mol. The van der Waals surface area contributed by atoms with Crippen LogP contribution in [0.5, 0.6) is 5.75 Å². The first-order chi connectivity index (χ1) is 10.1. The molecular formula is C18H27NO3. The average Bonchev–Trinajstić information content (AvgIpc) is 2.33. The summed E-state index contributed by atoms with van der Waals surface area (Å²) in [5.41, 5.74) is 5.81. The molecule has 2 N–H and O–H groups in total. The number of nitrogens with two attached hydrogens (primary N) is 1. The number of benzene rings is 1. The zero-order chi connectivity index (χ0) is 16.5. The van der Waals surface area contributed by atoms with Crippen LogP contribution in [-0.4, -0.2) is 23.7 Å². The monoisotopic (exact) mass is 305 g/mol. The van der Waals surface area contributed by atoms with E-state index < -0.39 is 11.0 Å². The van der Waals surface area contributed by atoms with Crippen molar-refractivity contribution in [2.24, 2.45) is 5.73 Å². The standard InChI is InChI=1S/C18H27NO3/c1-12(2)21-15-8-6-13(7-9-15)18(10-14(19)11-18)16(20)22-17(3,4)5/h6-9,12,14H,10-11,19H2,1-5H3. The van der Waals surface area contributed by atoms with Crippen LogP contribution in [0.25, 0.3) is 0 Å². The fourth-order valence-corrected chi connectivity index (χ4v) is 2.86. The fourth-order valence-electron chi connectivity index (χ4n) is 2.86. The summed E-state index contributed by atoms with van der Waals surface area (Å²) in [6.07, 6.45) is 1.39. The van der Waals surface area contributed by atoms with Crippen LogP contribution >= 0.6 is 0 Å². The van der Waals surface area contributed by atoms with E-state index in [0.717, 1.165) is 11.3 Å². The van der Waals surface area contributed by atoms with Gasteiger partial charge in [0.15, 0.2) is 0 Å². The zero-order valence-electron chi connectivity index (χ0n) is 14.2. The van der Waals surface area contributed by atoms with Gasteiger partial charge in [-0.2, -0.15) is 0 Å². The zero-order valence-corrected chi connectivity index (χ0v) is 14.2. The predicted octanol–water partition coefficient (Wildman–Crippen LogP) is 3.17. The van der Waals surface area contributed by atoms with Crippen LogP contribution in [0, 0.1) is 0 Å². The van der Waals surface area contributed by atoms with Crippen LogP contribution < -0.4 is 10.5 Å². The van der Waals surface area contributed by atoms with Gasteiger partial charge < -0.3 is 15.2 Å². The van der Waals surface area contributed by atoms with Crippen molar-refractivity contribution < 1.29 is 14.3 Å². The summed E-state index contributed by atoms with van der Waals surface area (Å²) < 4.78 is 11.3. The SMILES string of the molecule is CC(C)Oc1ccc(C2(C(=O)OC(C)(C)C)CC(N)C2)cc1. The number of ether oxygens (including phenoxy) is 2. The smallest absolute Gasteiger partial charge is 0.317 e. The van der Waals surface area contributed by atoms with Crippen LogP contribution in [0.1, 0.15) is 53.0 Å². The number of hydrogen-bond donors (Lipinski definition) is 1. The maximum atomic E-state index is 12.7. The number of carbonyl (C=O) groups excluding carboxylic acids is 1. The lowest BCUT2D eigenvalue weighted by atomic mass is 9.61. The van der Waals surface area contributed by atoms with E-state index >= 15 is 0 Å². The third kappa shape index (κ3) is 3.61. The lowest BCUT2D eigenvalue weighted by Gasteiger charge is -2.45. The first-order valence-corrected chi connectivity index (χ1v) is 7.89. The van der Waals surface area contributed by atoms with Gasteiger partial charge in [0.1, 0.15) is 11.4 Å². The number of esters is 1. The maximum Gasteiger partial charge on any atom is 0.317 e. The van der Waals surface area contributed by atoms with Crippen molar-refractivity contribution in [3.63, 3.8) is 0 Å². The Morgan fingerprint density at radius 2 is 1.77 bits per heavy atom. The summed E-state index contributed by atoms with van der Waals surface area (Å²) in [6.45, 7) is 9.63. The van der Waals surface area contributed by atoms with Gasteiger partial charge in [-0.05, 0) is 65.2 Å². The van der Waals surface area contributed by atoms with Gasteiger partial charge in [-0.3, -0.25) is 4.79 Å². The minimum atomic E-state index is -0.608. The third-order valence-electron chi connectivity index (χ3n) is 3.79. The molecule has 0 bridgehead atoms. The van der Waals surface area contributed by atoms with E-state index in [1.165, 1.54) is 0 Å². The highest BCUT2D eigenvalue weighted by atomic mass is 16.6. The van der Waals surface area contributed by atoms with Gasteiger partial charge in [-0.1, -0.05) is 12.1 Å². The Bertz CT molecular complexity index is 522. The van der Waals surface area contributed by atoms with Crippen LogP contribution in [0.4, 0.5) is 0 Å². The number of carbonyl (C=O) groups is 1. The molecular weight excluding hydrogens is 278 g/mol. The fraction of sp³-hybridized carbons (Fsp3) is 0.611. The number of hydrogen-bond acceptors (Lipinski definition) is 4. The Hall–Kier alpha value is -1.55. The molecule has 1 aliphatic rings. The molecule has 0 atom stereocenters. The first kappa shape index (κ1) is 16.8. The summed E-state index contributed by atoms with van der Waals surface area (Å²) in [5, 5.41) is 0. The molecule has 0 aliphatic heterocycles. The Morgan fingerprint density at radius 3 is 2.18 bits per heavy atom. The van der Waals surface area contributed by atoms with Crippen molar-refractivity contribution in [2.75, 3.05) is 0 Å². The molecule has 22 heavy (non-hydrogen) atoms. The molecule has 0 aromatic heterocycles. The second-order valence-electron chi connectivity index (χ2n) is 7.44. The molecule has 2 rings (SSSR count). The summed E-state index contributed by atoms with van der Waals surface area (Å²) >= 11 is 0. The molecule has 0 amide bonds. The molecule has 0 spiro atoms. The molecule has 1 saturated carbocycles. The van der Waals surface area contributed by atoms with Crippen LogP contribution in [-0.2, 0) is 14.9 Å². The predicted molar refractivity (Wildman–Crippen MR) is 86.9 cm³/mol. The lowest BCUT2D eigenvalue weighted by molar-refractivity contribution is -0.166. The largest absolute Gasteiger partial charge is 0.491 e. The van der Waals surface area contributed by atoms with E-state index in [1.54, 1.807) is 0 Å². The second-order valence-corrected chi connectivity index (χ2v) is 7.44. The van der Waals surface area contributed by atoms with Crippen molar-refractivity contribution in [3.05, 3.63) is 29.8 Å². The highest BCUT2D eigenvalue weighted by Crippen LogP contribution is 2.45. The lowest BCUT2D eigenvalue weighted by Crippen LogP contribution is -2.55. The summed E-state index contributed by atoms with van der Waals surface area (Å²) in [7, 11) is 0. The molecule has 4 nitrogen and oxygen atoms in total. The van der Waals surface area contributed by atoms with E-state index in [1.807, 2.05) is 58.9 Å². The van der Waals surface area contributed by atoms with E-state index in [0.29, 0.717) is 12.8 Å². The molecule has 1 aliphatic carbocycles. The minimum Gasteiger partial charge on any atom is -0.491 e. The normalized spacial score (nSPS) is 24.8. The van der Waals surface area contributed by atoms with Gasteiger partial charge in [-0.25, -0.2) is 0 Å². The molecule has 0 radical (unpaired) electrons. The molecule has 4 heteroatoms. The van der Waals surface area contributed by atoms with E-state index in [2.05, 4.69) is 0 Å². The van der Waals surface area contributed by atoms with E-state index in [9.17, 15) is 4.79 Å². The third-order valence-corrected chi connectivity index (χ3v) is 3.79. The summed E-state index contributed by atoms with van der Waals surface area (Å²) in [6, 6.07) is 7.77. The molecule has 0 heterocycles. The van der Waals surface area contributed by atoms with Crippen molar-refractivity contribution in [1.29, 1.82) is 0 Å². The number of rotatable bonds is 4. The highest BCUT2D eigenvalue weighted by Gasteiger charge is 2.52. The molecule has 122 valence electrons. The van der Waals surface area contributed by atoms with Gasteiger partial charge in [0.2, 0.25) is 0 Å². The van der Waals surface area contributed by atoms with Crippen LogP contribution in [0.2, 0.25) is 0 Å². The quantitative estimate of drug-likeness (QED) is 0.868. The van der Waals surface area contributed by atoms with Gasteiger partial charge in [-0.15, -0.1) is 0 Å². The molecule has 0 saturated heterocycles. The Morgan fingerprint density at radius 1 is 1.23 bits per heavy atom. The first-order valence-electron chi connectivity index (χ1n) is 7.89. The van der Waals surface area contributed by atoms with Crippen molar-refractivity contribution in [3.8, 4) is 5.75 Å². The Kier molecular flexibility index (Phi) is 4.52. The van der Waals surface area contributed by atoms with Crippen molar-refractivity contribution in [1.82, 2.24) is 0 Å². The maximum absolute atomic E-state index is 12.7. The van der Waals surface area contributed by atoms with Crippen molar-refractivity contribution in [2.45, 2.75) is 70.6 Å². The van der Waals surface area contributed by atoms with Crippen LogP contribution in [0.3, 0.4) is 0 Å². The molecule has 1 fully saturated rings.